The maximum Gasteiger partial charge on any atom is 0.0761 e. The van der Waals surface area contributed by atoms with Gasteiger partial charge < -0.3 is 5.73 Å². The van der Waals surface area contributed by atoms with Gasteiger partial charge in [-0.05, 0) is 24.1 Å². The molecule has 5 heteroatoms. The van der Waals surface area contributed by atoms with E-state index in [1.807, 2.05) is 24.3 Å². The van der Waals surface area contributed by atoms with Crippen LogP contribution in [0, 0.1) is 0 Å². The summed E-state index contributed by atoms with van der Waals surface area (Å²) < 4.78 is 0. The lowest BCUT2D eigenvalue weighted by Gasteiger charge is -2.13. The van der Waals surface area contributed by atoms with E-state index < -0.39 is 0 Å². The number of aromatic nitrogens is 1. The summed E-state index contributed by atoms with van der Waals surface area (Å²) in [5.74, 6) is 0. The summed E-state index contributed by atoms with van der Waals surface area (Å²) in [7, 11) is 0. The molecular weight excluding hydrogens is 291 g/mol. The summed E-state index contributed by atoms with van der Waals surface area (Å²) >= 11 is 18.0. The van der Waals surface area contributed by atoms with Crippen molar-refractivity contribution in [3.05, 3.63) is 62.9 Å². The zero-order valence-corrected chi connectivity index (χ0v) is 11.7. The fraction of sp³-hybridized carbons (Fsp3) is 0.154. The van der Waals surface area contributed by atoms with Crippen molar-refractivity contribution in [3.8, 4) is 0 Å². The molecule has 0 aliphatic heterocycles. The average Bonchev–Trinajstić information content (AvgIpc) is 2.32. The lowest BCUT2D eigenvalue weighted by atomic mass is 10.0. The van der Waals surface area contributed by atoms with Crippen LogP contribution in [0.5, 0.6) is 0 Å². The highest BCUT2D eigenvalue weighted by atomic mass is 35.5. The molecule has 1 atom stereocenters. The number of hydrogen-bond acceptors (Lipinski definition) is 2. The Morgan fingerprint density at radius 2 is 1.83 bits per heavy atom. The van der Waals surface area contributed by atoms with Crippen LogP contribution in [0.15, 0.2) is 36.5 Å². The Hall–Kier alpha value is -0.800. The Bertz CT molecular complexity index is 558. The lowest BCUT2D eigenvalue weighted by molar-refractivity contribution is 0.697. The number of pyridine rings is 1. The molecular formula is C13H11Cl3N2. The van der Waals surface area contributed by atoms with Crippen LogP contribution < -0.4 is 5.73 Å². The van der Waals surface area contributed by atoms with Crippen LogP contribution in [-0.4, -0.2) is 4.98 Å². The molecule has 2 nitrogen and oxygen atoms in total. The van der Waals surface area contributed by atoms with E-state index in [0.717, 1.165) is 5.56 Å². The quantitative estimate of drug-likeness (QED) is 0.918. The molecule has 1 heterocycles. The molecule has 0 amide bonds. The van der Waals surface area contributed by atoms with Crippen LogP contribution in [0.3, 0.4) is 0 Å². The van der Waals surface area contributed by atoms with Gasteiger partial charge in [0.25, 0.3) is 0 Å². The van der Waals surface area contributed by atoms with Gasteiger partial charge in [-0.3, -0.25) is 4.98 Å². The molecule has 1 aromatic carbocycles. The number of nitrogens with two attached hydrogens (primary N) is 1. The monoisotopic (exact) mass is 300 g/mol. The summed E-state index contributed by atoms with van der Waals surface area (Å²) in [6.45, 7) is 0. The third-order valence-electron chi connectivity index (χ3n) is 2.59. The van der Waals surface area contributed by atoms with Gasteiger partial charge in [0.05, 0.1) is 21.8 Å². The first-order chi connectivity index (χ1) is 8.58. The van der Waals surface area contributed by atoms with Gasteiger partial charge >= 0.3 is 0 Å². The topological polar surface area (TPSA) is 38.9 Å². The highest BCUT2D eigenvalue weighted by Crippen LogP contribution is 2.26. The lowest BCUT2D eigenvalue weighted by Crippen LogP contribution is -2.15. The number of nitrogens with zero attached hydrogens (tertiary/aromatic N) is 1. The minimum Gasteiger partial charge on any atom is -0.322 e. The van der Waals surface area contributed by atoms with Gasteiger partial charge in [0.1, 0.15) is 0 Å². The van der Waals surface area contributed by atoms with Crippen LogP contribution in [0.4, 0.5) is 0 Å². The van der Waals surface area contributed by atoms with Gasteiger partial charge in [0.15, 0.2) is 0 Å². The number of halogens is 3. The molecule has 0 saturated carbocycles. The predicted octanol–water partition coefficient (Wildman–Crippen LogP) is 4.28. The van der Waals surface area contributed by atoms with E-state index in [0.29, 0.717) is 27.2 Å². The fourth-order valence-electron chi connectivity index (χ4n) is 1.70. The number of hydrogen-bond donors (Lipinski definition) is 1. The maximum absolute atomic E-state index is 6.10. The largest absolute Gasteiger partial charge is 0.322 e. The molecule has 0 spiro atoms. The fourth-order valence-corrected chi connectivity index (χ4v) is 2.43. The Balaban J connectivity index is 2.22. The predicted molar refractivity (Wildman–Crippen MR) is 76.3 cm³/mol. The van der Waals surface area contributed by atoms with E-state index in [2.05, 4.69) is 4.98 Å². The van der Waals surface area contributed by atoms with Crippen molar-refractivity contribution < 1.29 is 0 Å². The van der Waals surface area contributed by atoms with Crippen molar-refractivity contribution in [2.45, 2.75) is 12.5 Å². The molecule has 94 valence electrons. The normalized spacial score (nSPS) is 12.4. The van der Waals surface area contributed by atoms with Gasteiger partial charge in [0.2, 0.25) is 0 Å². The van der Waals surface area contributed by atoms with E-state index in [-0.39, 0.29) is 6.04 Å². The average molecular weight is 302 g/mol. The van der Waals surface area contributed by atoms with Crippen molar-refractivity contribution in [2.24, 2.45) is 5.73 Å². The van der Waals surface area contributed by atoms with E-state index in [9.17, 15) is 0 Å². The highest BCUT2D eigenvalue weighted by Gasteiger charge is 2.14. The summed E-state index contributed by atoms with van der Waals surface area (Å²) in [5.41, 5.74) is 7.70. The first-order valence-corrected chi connectivity index (χ1v) is 6.51. The van der Waals surface area contributed by atoms with Gasteiger partial charge in [-0.1, -0.05) is 53.0 Å². The first-order valence-electron chi connectivity index (χ1n) is 5.38. The van der Waals surface area contributed by atoms with Crippen molar-refractivity contribution in [1.82, 2.24) is 4.98 Å². The Morgan fingerprint density at radius 3 is 2.50 bits per heavy atom. The Kier molecular flexibility index (Phi) is 4.46. The van der Waals surface area contributed by atoms with Gasteiger partial charge in [-0.2, -0.15) is 0 Å². The van der Waals surface area contributed by atoms with Gasteiger partial charge in [-0.25, -0.2) is 0 Å². The zero-order chi connectivity index (χ0) is 13.1. The molecule has 2 rings (SSSR count). The second kappa shape index (κ2) is 5.89. The Morgan fingerprint density at radius 1 is 1.11 bits per heavy atom. The molecule has 2 N–H and O–H groups in total. The smallest absolute Gasteiger partial charge is 0.0761 e. The van der Waals surface area contributed by atoms with Gasteiger partial charge in [-0.15, -0.1) is 0 Å². The highest BCUT2D eigenvalue weighted by molar-refractivity contribution is 6.34. The van der Waals surface area contributed by atoms with Crippen LogP contribution in [-0.2, 0) is 6.42 Å². The Labute approximate surface area is 121 Å². The second-order valence-corrected chi connectivity index (χ2v) is 5.17. The van der Waals surface area contributed by atoms with Crippen LogP contribution in [0.25, 0.3) is 0 Å². The van der Waals surface area contributed by atoms with E-state index in [4.69, 9.17) is 40.5 Å². The first kappa shape index (κ1) is 13.6. The molecule has 18 heavy (non-hydrogen) atoms. The minimum atomic E-state index is -0.310. The third-order valence-corrected chi connectivity index (χ3v) is 3.46. The summed E-state index contributed by atoms with van der Waals surface area (Å²) in [6.07, 6.45) is 2.11. The molecule has 2 aromatic rings. The molecule has 1 aromatic heterocycles. The van der Waals surface area contributed by atoms with Crippen LogP contribution >= 0.6 is 34.8 Å². The molecule has 0 radical (unpaired) electrons. The number of rotatable bonds is 3. The second-order valence-electron chi connectivity index (χ2n) is 3.92. The maximum atomic E-state index is 6.10. The summed E-state index contributed by atoms with van der Waals surface area (Å²) in [5, 5.41) is 1.66. The van der Waals surface area contributed by atoms with E-state index in [1.165, 1.54) is 6.20 Å². The molecule has 0 fully saturated rings. The molecule has 0 bridgehead atoms. The van der Waals surface area contributed by atoms with E-state index >= 15 is 0 Å². The molecule has 0 saturated heterocycles. The van der Waals surface area contributed by atoms with Crippen LogP contribution in [0.1, 0.15) is 17.3 Å². The van der Waals surface area contributed by atoms with Crippen molar-refractivity contribution in [3.63, 3.8) is 0 Å². The standard InChI is InChI=1S/C13H11Cl3N2/c14-9-6-11(16)13(18-7-9)12(17)5-8-3-1-2-4-10(8)15/h1-4,6-7,12H,5,17H2. The van der Waals surface area contributed by atoms with Gasteiger partial charge in [0, 0.05) is 11.2 Å². The summed E-state index contributed by atoms with van der Waals surface area (Å²) in [4.78, 5) is 4.17. The minimum absolute atomic E-state index is 0.310. The molecule has 0 aliphatic rings. The molecule has 0 aliphatic carbocycles. The zero-order valence-electron chi connectivity index (χ0n) is 9.41. The van der Waals surface area contributed by atoms with Crippen molar-refractivity contribution in [2.75, 3.05) is 0 Å². The SMILES string of the molecule is NC(Cc1ccccc1Cl)c1ncc(Cl)cc1Cl. The molecule has 1 unspecified atom stereocenters. The van der Waals surface area contributed by atoms with Crippen molar-refractivity contribution in [1.29, 1.82) is 0 Å². The van der Waals surface area contributed by atoms with Crippen LogP contribution in [0.2, 0.25) is 15.1 Å². The van der Waals surface area contributed by atoms with Crippen molar-refractivity contribution >= 4 is 34.8 Å². The third kappa shape index (κ3) is 3.15. The summed E-state index contributed by atoms with van der Waals surface area (Å²) in [6, 6.07) is 8.90. The van der Waals surface area contributed by atoms with E-state index in [1.54, 1.807) is 6.07 Å². The number of benzene rings is 1.